The zero-order valence-corrected chi connectivity index (χ0v) is 18.8. The fourth-order valence-electron chi connectivity index (χ4n) is 4.02. The quantitative estimate of drug-likeness (QED) is 0.550. The lowest BCUT2D eigenvalue weighted by atomic mass is 10.2. The number of hydrogen-bond acceptors (Lipinski definition) is 5. The number of carbonyl (C=O) groups excluding carboxylic acids is 1. The summed E-state index contributed by atoms with van der Waals surface area (Å²) in [6.45, 7) is 6.98. The molecule has 1 fully saturated rings. The first kappa shape index (κ1) is 22.2. The van der Waals surface area contributed by atoms with E-state index in [1.165, 1.54) is 0 Å². The molecule has 0 radical (unpaired) electrons. The molecular formula is C25H31N3O4. The van der Waals surface area contributed by atoms with Crippen LogP contribution in [0.4, 0.5) is 10.5 Å². The second-order valence-corrected chi connectivity index (χ2v) is 8.03. The van der Waals surface area contributed by atoms with Gasteiger partial charge in [-0.25, -0.2) is 4.79 Å². The number of anilines is 1. The van der Waals surface area contributed by atoms with Crippen molar-refractivity contribution in [1.29, 1.82) is 0 Å². The van der Waals surface area contributed by atoms with E-state index in [9.17, 15) is 4.79 Å². The van der Waals surface area contributed by atoms with Crippen molar-refractivity contribution >= 4 is 22.7 Å². The number of methoxy groups -OCH3 is 1. The van der Waals surface area contributed by atoms with Gasteiger partial charge in [0, 0.05) is 43.3 Å². The number of fused-ring (bicyclic) bond motifs is 1. The van der Waals surface area contributed by atoms with Crippen LogP contribution in [0.3, 0.4) is 0 Å². The summed E-state index contributed by atoms with van der Waals surface area (Å²) in [4.78, 5) is 17.6. The van der Waals surface area contributed by atoms with Gasteiger partial charge < -0.3 is 24.1 Å². The zero-order valence-electron chi connectivity index (χ0n) is 18.8. The first-order valence-electron chi connectivity index (χ1n) is 11.1. The summed E-state index contributed by atoms with van der Waals surface area (Å²) in [5.74, 6) is 1.48. The van der Waals surface area contributed by atoms with E-state index in [2.05, 4.69) is 10.2 Å². The second kappa shape index (κ2) is 10.5. The van der Waals surface area contributed by atoms with Gasteiger partial charge in [0.25, 0.3) is 0 Å². The lowest BCUT2D eigenvalue weighted by Crippen LogP contribution is -2.41. The third-order valence-electron chi connectivity index (χ3n) is 5.88. The standard InChI is InChI=1S/C25H31N3O4/c1-19(24-17-20-7-3-4-10-23(20)32-24)28(12-6-11-27-13-15-31-16-14-27)25(29)26-21-8-5-9-22(18-21)30-2/h3-5,7-10,17-19H,6,11-16H2,1-2H3,(H,26,29)/t19-/m1/s1. The molecule has 7 heteroatoms. The summed E-state index contributed by atoms with van der Waals surface area (Å²) in [7, 11) is 1.61. The van der Waals surface area contributed by atoms with E-state index < -0.39 is 0 Å². The lowest BCUT2D eigenvalue weighted by molar-refractivity contribution is 0.0361. The molecule has 3 aromatic rings. The largest absolute Gasteiger partial charge is 0.497 e. The highest BCUT2D eigenvalue weighted by atomic mass is 16.5. The van der Waals surface area contributed by atoms with Crippen molar-refractivity contribution in [3.05, 3.63) is 60.4 Å². The van der Waals surface area contributed by atoms with Gasteiger partial charge in [-0.3, -0.25) is 4.90 Å². The Labute approximate surface area is 188 Å². The number of hydrogen-bond donors (Lipinski definition) is 1. The third kappa shape index (κ3) is 5.41. The van der Waals surface area contributed by atoms with Gasteiger partial charge in [-0.05, 0) is 37.6 Å². The summed E-state index contributed by atoms with van der Waals surface area (Å²) < 4.78 is 16.8. The molecule has 0 saturated carbocycles. The molecule has 1 N–H and O–H groups in total. The Kier molecular flexibility index (Phi) is 7.29. The van der Waals surface area contributed by atoms with Gasteiger partial charge in [0.05, 0.1) is 26.4 Å². The molecule has 0 unspecified atom stereocenters. The van der Waals surface area contributed by atoms with Gasteiger partial charge in [0.2, 0.25) is 0 Å². The Morgan fingerprint density at radius 2 is 1.97 bits per heavy atom. The van der Waals surface area contributed by atoms with E-state index in [4.69, 9.17) is 13.9 Å². The van der Waals surface area contributed by atoms with E-state index >= 15 is 0 Å². The topological polar surface area (TPSA) is 67.2 Å². The summed E-state index contributed by atoms with van der Waals surface area (Å²) in [5, 5.41) is 4.06. The monoisotopic (exact) mass is 437 g/mol. The van der Waals surface area contributed by atoms with E-state index in [1.54, 1.807) is 7.11 Å². The van der Waals surface area contributed by atoms with Gasteiger partial charge in [0.15, 0.2) is 0 Å². The smallest absolute Gasteiger partial charge is 0.322 e. The average molecular weight is 438 g/mol. The minimum absolute atomic E-state index is 0.159. The van der Waals surface area contributed by atoms with Crippen LogP contribution in [0.15, 0.2) is 59.0 Å². The number of furan rings is 1. The van der Waals surface area contributed by atoms with Crippen molar-refractivity contribution in [2.24, 2.45) is 0 Å². The maximum Gasteiger partial charge on any atom is 0.322 e. The molecular weight excluding hydrogens is 406 g/mol. The Hall–Kier alpha value is -3.03. The van der Waals surface area contributed by atoms with Crippen molar-refractivity contribution < 1.29 is 18.7 Å². The molecule has 1 aliphatic heterocycles. The Morgan fingerprint density at radius 1 is 1.16 bits per heavy atom. The Morgan fingerprint density at radius 3 is 2.75 bits per heavy atom. The lowest BCUT2D eigenvalue weighted by Gasteiger charge is -2.31. The maximum atomic E-state index is 13.3. The van der Waals surface area contributed by atoms with Crippen molar-refractivity contribution in [1.82, 2.24) is 9.80 Å². The highest BCUT2D eigenvalue weighted by Crippen LogP contribution is 2.28. The number of ether oxygens (including phenoxy) is 2. The van der Waals surface area contributed by atoms with Crippen LogP contribution in [-0.4, -0.2) is 62.3 Å². The third-order valence-corrected chi connectivity index (χ3v) is 5.88. The molecule has 0 bridgehead atoms. The molecule has 2 aromatic carbocycles. The summed E-state index contributed by atoms with van der Waals surface area (Å²) in [6.07, 6.45) is 0.871. The van der Waals surface area contributed by atoms with Crippen LogP contribution in [0.1, 0.15) is 25.1 Å². The summed E-state index contributed by atoms with van der Waals surface area (Å²) >= 11 is 0. The minimum Gasteiger partial charge on any atom is -0.497 e. The van der Waals surface area contributed by atoms with E-state index in [0.717, 1.165) is 56.0 Å². The van der Waals surface area contributed by atoms with Gasteiger partial charge in [-0.1, -0.05) is 24.3 Å². The number of rotatable bonds is 8. The number of benzene rings is 2. The van der Waals surface area contributed by atoms with Crippen LogP contribution in [0.5, 0.6) is 5.75 Å². The SMILES string of the molecule is COc1cccc(NC(=O)N(CCCN2CCOCC2)[C@H](C)c2cc3ccccc3o2)c1. The number of morpholine rings is 1. The van der Waals surface area contributed by atoms with E-state index in [0.29, 0.717) is 18.0 Å². The van der Waals surface area contributed by atoms with E-state index in [1.807, 2.05) is 66.4 Å². The van der Waals surface area contributed by atoms with Gasteiger partial charge in [-0.15, -0.1) is 0 Å². The summed E-state index contributed by atoms with van der Waals surface area (Å²) in [6, 6.07) is 17.0. The molecule has 1 aromatic heterocycles. The molecule has 2 amide bonds. The van der Waals surface area contributed by atoms with Crippen molar-refractivity contribution in [3.8, 4) is 5.75 Å². The fourth-order valence-corrected chi connectivity index (χ4v) is 4.02. The predicted octanol–water partition coefficient (Wildman–Crippen LogP) is 4.76. The molecule has 32 heavy (non-hydrogen) atoms. The molecule has 1 saturated heterocycles. The minimum atomic E-state index is -0.210. The molecule has 170 valence electrons. The Balaban J connectivity index is 1.49. The molecule has 1 atom stereocenters. The second-order valence-electron chi connectivity index (χ2n) is 8.03. The molecule has 2 heterocycles. The van der Waals surface area contributed by atoms with Crippen LogP contribution >= 0.6 is 0 Å². The van der Waals surface area contributed by atoms with Gasteiger partial charge in [-0.2, -0.15) is 0 Å². The normalized spacial score (nSPS) is 15.4. The van der Waals surface area contributed by atoms with Gasteiger partial charge >= 0.3 is 6.03 Å². The van der Waals surface area contributed by atoms with Gasteiger partial charge in [0.1, 0.15) is 17.1 Å². The maximum absolute atomic E-state index is 13.3. The number of amides is 2. The van der Waals surface area contributed by atoms with Crippen LogP contribution < -0.4 is 10.1 Å². The molecule has 0 aliphatic carbocycles. The number of carbonyl (C=O) groups is 1. The van der Waals surface area contributed by atoms with Crippen molar-refractivity contribution in [2.45, 2.75) is 19.4 Å². The van der Waals surface area contributed by atoms with Crippen LogP contribution in [0, 0.1) is 0 Å². The van der Waals surface area contributed by atoms with Crippen LogP contribution in [-0.2, 0) is 4.74 Å². The van der Waals surface area contributed by atoms with E-state index in [-0.39, 0.29) is 12.1 Å². The Bertz CT molecular complexity index is 996. The number of nitrogens with one attached hydrogen (secondary N) is 1. The zero-order chi connectivity index (χ0) is 22.3. The fraction of sp³-hybridized carbons (Fsp3) is 0.400. The predicted molar refractivity (Wildman–Crippen MR) is 125 cm³/mol. The average Bonchev–Trinajstić information content (AvgIpc) is 3.26. The van der Waals surface area contributed by atoms with Crippen molar-refractivity contribution in [2.75, 3.05) is 51.8 Å². The highest BCUT2D eigenvalue weighted by molar-refractivity contribution is 5.90. The first-order chi connectivity index (χ1) is 15.6. The molecule has 0 spiro atoms. The summed E-state index contributed by atoms with van der Waals surface area (Å²) in [5.41, 5.74) is 1.53. The number of para-hydroxylation sites is 1. The molecule has 1 aliphatic rings. The molecule has 7 nitrogen and oxygen atoms in total. The van der Waals surface area contributed by atoms with Crippen LogP contribution in [0.25, 0.3) is 11.0 Å². The highest BCUT2D eigenvalue weighted by Gasteiger charge is 2.25. The number of nitrogens with zero attached hydrogens (tertiary/aromatic N) is 2. The number of urea groups is 1. The molecule has 4 rings (SSSR count). The van der Waals surface area contributed by atoms with Crippen molar-refractivity contribution in [3.63, 3.8) is 0 Å². The van der Waals surface area contributed by atoms with Crippen LogP contribution in [0.2, 0.25) is 0 Å². The first-order valence-corrected chi connectivity index (χ1v) is 11.1.